The van der Waals surface area contributed by atoms with Gasteiger partial charge < -0.3 is 9.13 Å². The maximum absolute atomic E-state index is 2.57. The summed E-state index contributed by atoms with van der Waals surface area (Å²) in [5.41, 5.74) is 39.0. The van der Waals surface area contributed by atoms with E-state index in [4.69, 9.17) is 0 Å². The molecule has 24 rings (SSSR count). The molecule has 0 saturated heterocycles. The molecule has 0 radical (unpaired) electrons. The van der Waals surface area contributed by atoms with E-state index in [1.54, 1.807) is 0 Å². The third-order valence-corrected chi connectivity index (χ3v) is 25.0. The molecule has 498 valence electrons. The number of benzene rings is 18. The Morgan fingerprint density at radius 3 is 0.741 bits per heavy atom. The summed E-state index contributed by atoms with van der Waals surface area (Å²) in [5.74, 6) is 0. The summed E-state index contributed by atoms with van der Waals surface area (Å²) in [6.45, 7) is 0. The molecular weight excluding hydrogens is 1300 g/mol. The molecule has 2 heterocycles. The van der Waals surface area contributed by atoms with Crippen molar-refractivity contribution in [3.05, 3.63) is 433 Å². The van der Waals surface area contributed by atoms with Crippen molar-refractivity contribution in [3.63, 3.8) is 0 Å². The van der Waals surface area contributed by atoms with Crippen molar-refractivity contribution in [3.8, 4) is 112 Å². The SMILES string of the molecule is c1ccc2c(c1)-c1ccccc1C21c2cc(-c3ccc(-c4ccc5c(c4)c4ccccc4n5-c4cccc5ccccc45)cc3)ccc2-c2ccc(-c3ccc4c(c3)C3(c5ccccc5-c5ccccc53)c3cc(-c5ccc(-c6ccc7c(c6)c6ccccc6n7-c6cccc7ccccc67)cc5)ccc3-4)cc21. The zero-order valence-corrected chi connectivity index (χ0v) is 58.8. The second-order valence-electron chi connectivity index (χ2n) is 30.0. The van der Waals surface area contributed by atoms with E-state index in [9.17, 15) is 0 Å². The Hall–Kier alpha value is -13.9. The fourth-order valence-corrected chi connectivity index (χ4v) is 20.3. The van der Waals surface area contributed by atoms with Gasteiger partial charge in [-0.3, -0.25) is 0 Å². The van der Waals surface area contributed by atoms with E-state index in [0.29, 0.717) is 0 Å². The van der Waals surface area contributed by atoms with Crippen LogP contribution in [0.1, 0.15) is 44.5 Å². The van der Waals surface area contributed by atoms with E-state index in [1.807, 2.05) is 0 Å². The normalized spacial score (nSPS) is 13.5. The topological polar surface area (TPSA) is 9.86 Å². The van der Waals surface area contributed by atoms with Gasteiger partial charge in [-0.25, -0.2) is 0 Å². The molecular formula is C106H64N2. The Bertz CT molecular complexity index is 6760. The first kappa shape index (κ1) is 59.5. The summed E-state index contributed by atoms with van der Waals surface area (Å²) in [7, 11) is 0. The minimum atomic E-state index is -0.565. The average molecular weight is 1370 g/mol. The number of rotatable bonds is 7. The van der Waals surface area contributed by atoms with Gasteiger partial charge in [-0.1, -0.05) is 315 Å². The summed E-state index contributed by atoms with van der Waals surface area (Å²) >= 11 is 0. The second-order valence-corrected chi connectivity index (χ2v) is 30.0. The predicted octanol–water partition coefficient (Wildman–Crippen LogP) is 27.2. The van der Waals surface area contributed by atoms with E-state index in [-0.39, 0.29) is 0 Å². The van der Waals surface area contributed by atoms with E-state index in [2.05, 4.69) is 397 Å². The molecule has 2 spiro atoms. The monoisotopic (exact) mass is 1360 g/mol. The van der Waals surface area contributed by atoms with Gasteiger partial charge in [0.05, 0.1) is 44.3 Å². The van der Waals surface area contributed by atoms with Crippen LogP contribution < -0.4 is 0 Å². The van der Waals surface area contributed by atoms with Crippen LogP contribution in [0.2, 0.25) is 0 Å². The Morgan fingerprint density at radius 2 is 0.389 bits per heavy atom. The summed E-state index contributed by atoms with van der Waals surface area (Å²) in [6.07, 6.45) is 0. The molecule has 0 atom stereocenters. The van der Waals surface area contributed by atoms with Gasteiger partial charge in [0.15, 0.2) is 0 Å². The van der Waals surface area contributed by atoms with Crippen LogP contribution in [0.3, 0.4) is 0 Å². The zero-order chi connectivity index (χ0) is 70.5. The largest absolute Gasteiger partial charge is 0.309 e. The molecule has 2 nitrogen and oxygen atoms in total. The lowest BCUT2D eigenvalue weighted by Gasteiger charge is -2.31. The van der Waals surface area contributed by atoms with Gasteiger partial charge in [-0.15, -0.1) is 0 Å². The molecule has 18 aromatic carbocycles. The van der Waals surface area contributed by atoms with E-state index >= 15 is 0 Å². The van der Waals surface area contributed by atoms with Crippen molar-refractivity contribution in [1.82, 2.24) is 9.13 Å². The predicted molar refractivity (Wildman–Crippen MR) is 450 cm³/mol. The number of para-hydroxylation sites is 2. The molecule has 20 aromatic rings. The summed E-state index contributed by atoms with van der Waals surface area (Å²) in [4.78, 5) is 0. The Morgan fingerprint density at radius 1 is 0.148 bits per heavy atom. The highest BCUT2D eigenvalue weighted by molar-refractivity contribution is 6.14. The third-order valence-electron chi connectivity index (χ3n) is 25.0. The fraction of sp³-hybridized carbons (Fsp3) is 0.0189. The number of hydrogen-bond donors (Lipinski definition) is 0. The lowest BCUT2D eigenvalue weighted by molar-refractivity contribution is 0.793. The lowest BCUT2D eigenvalue weighted by Crippen LogP contribution is -2.26. The highest BCUT2D eigenvalue weighted by Gasteiger charge is 2.54. The average Bonchev–Trinajstić information content (AvgIpc) is 1.51. The lowest BCUT2D eigenvalue weighted by atomic mass is 9.69. The number of nitrogens with zero attached hydrogens (tertiary/aromatic N) is 2. The van der Waals surface area contributed by atoms with Crippen LogP contribution in [-0.4, -0.2) is 9.13 Å². The van der Waals surface area contributed by atoms with Crippen LogP contribution in [0, 0.1) is 0 Å². The minimum absolute atomic E-state index is 0.565. The first-order valence-corrected chi connectivity index (χ1v) is 37.8. The summed E-state index contributed by atoms with van der Waals surface area (Å²) in [5, 5.41) is 9.96. The molecule has 0 saturated carbocycles. The van der Waals surface area contributed by atoms with Gasteiger partial charge in [0.1, 0.15) is 0 Å². The Kier molecular flexibility index (Phi) is 12.3. The van der Waals surface area contributed by atoms with Crippen LogP contribution in [0.5, 0.6) is 0 Å². The molecule has 0 N–H and O–H groups in total. The van der Waals surface area contributed by atoms with Crippen LogP contribution in [-0.2, 0) is 10.8 Å². The highest BCUT2D eigenvalue weighted by atomic mass is 15.0. The quantitative estimate of drug-likeness (QED) is 0.151. The van der Waals surface area contributed by atoms with Crippen molar-refractivity contribution in [2.75, 3.05) is 0 Å². The molecule has 2 aromatic heterocycles. The van der Waals surface area contributed by atoms with Crippen LogP contribution >= 0.6 is 0 Å². The standard InChI is InChI=1S/C106H64N2/c1-3-23-77-69(19-1)21-17-37-99(77)107-101-35-15-9-29-87(101)89-59-71(51-57-103(89)107)65-39-43-67(44-40-65)73-47-53-83-85-55-49-75(63-97(85)105(95(83)61-73)91-31-11-5-25-79(91)80-26-6-12-32-92(80)105)76-50-56-86-84-54-48-74(62-96(84)106(98(86)64-76)93-33-13-7-27-81(93)82-28-8-14-34-94(82)106)68-45-41-66(42-46-68)72-52-58-104-90(60-72)88-30-10-16-36-102(88)108(104)100-38-18-22-70-20-2-4-24-78(70)100/h1-64H. The zero-order valence-electron chi connectivity index (χ0n) is 58.8. The Balaban J connectivity index is 0.605. The number of fused-ring (bicyclic) bond motifs is 28. The molecule has 4 aliphatic rings. The van der Waals surface area contributed by atoms with Crippen LogP contribution in [0.25, 0.3) is 177 Å². The van der Waals surface area contributed by atoms with Gasteiger partial charge in [0, 0.05) is 32.3 Å². The van der Waals surface area contributed by atoms with Gasteiger partial charge >= 0.3 is 0 Å². The van der Waals surface area contributed by atoms with Crippen molar-refractivity contribution in [2.24, 2.45) is 0 Å². The van der Waals surface area contributed by atoms with E-state index < -0.39 is 10.8 Å². The van der Waals surface area contributed by atoms with E-state index in [0.717, 1.165) is 0 Å². The van der Waals surface area contributed by atoms with Crippen molar-refractivity contribution in [2.45, 2.75) is 10.8 Å². The van der Waals surface area contributed by atoms with Crippen molar-refractivity contribution < 1.29 is 0 Å². The second kappa shape index (κ2) is 22.3. The first-order chi connectivity index (χ1) is 53.5. The molecule has 0 bridgehead atoms. The summed E-state index contributed by atoms with van der Waals surface area (Å²) in [6, 6.07) is 147. The fourth-order valence-electron chi connectivity index (χ4n) is 20.3. The highest BCUT2D eigenvalue weighted by Crippen LogP contribution is 2.66. The van der Waals surface area contributed by atoms with Gasteiger partial charge in [-0.2, -0.15) is 0 Å². The molecule has 0 fully saturated rings. The molecule has 4 aliphatic carbocycles. The third kappa shape index (κ3) is 8.05. The van der Waals surface area contributed by atoms with Crippen molar-refractivity contribution >= 4 is 65.2 Å². The molecule has 108 heavy (non-hydrogen) atoms. The van der Waals surface area contributed by atoms with Crippen LogP contribution in [0.4, 0.5) is 0 Å². The number of aromatic nitrogens is 2. The van der Waals surface area contributed by atoms with Gasteiger partial charge in [0.25, 0.3) is 0 Å². The first-order valence-electron chi connectivity index (χ1n) is 37.8. The van der Waals surface area contributed by atoms with E-state index in [1.165, 1.54) is 221 Å². The van der Waals surface area contributed by atoms with Gasteiger partial charge in [-0.05, 0) is 228 Å². The molecule has 0 unspecified atom stereocenters. The number of hydrogen-bond acceptors (Lipinski definition) is 0. The Labute approximate surface area is 625 Å². The van der Waals surface area contributed by atoms with Crippen LogP contribution in [0.15, 0.2) is 388 Å². The summed E-state index contributed by atoms with van der Waals surface area (Å²) < 4.78 is 4.89. The molecule has 0 amide bonds. The van der Waals surface area contributed by atoms with Crippen molar-refractivity contribution in [1.29, 1.82) is 0 Å². The maximum Gasteiger partial charge on any atom is 0.0725 e. The van der Waals surface area contributed by atoms with Gasteiger partial charge in [0.2, 0.25) is 0 Å². The molecule has 0 aliphatic heterocycles. The molecule has 2 heteroatoms. The maximum atomic E-state index is 2.57. The minimum Gasteiger partial charge on any atom is -0.309 e. The smallest absolute Gasteiger partial charge is 0.0725 e.